The first-order valence-electron chi connectivity index (χ1n) is 6.19. The van der Waals surface area contributed by atoms with Gasteiger partial charge in [-0.3, -0.25) is 4.90 Å². The summed E-state index contributed by atoms with van der Waals surface area (Å²) in [6.07, 6.45) is 2.82. The summed E-state index contributed by atoms with van der Waals surface area (Å²) in [4.78, 5) is 2.48. The Morgan fingerprint density at radius 3 is 3.12 bits per heavy atom. The molecular weight excluding hydrogens is 202 g/mol. The number of aryl methyl sites for hydroxylation is 1. The number of hydrogen-bond donors (Lipinski definition) is 1. The summed E-state index contributed by atoms with van der Waals surface area (Å²) >= 11 is 0. The fourth-order valence-corrected chi connectivity index (χ4v) is 2.52. The minimum absolute atomic E-state index is 0.710. The average molecular weight is 221 g/mol. The molecule has 4 heteroatoms. The molecule has 0 aromatic carbocycles. The Kier molecular flexibility index (Phi) is 2.69. The van der Waals surface area contributed by atoms with E-state index in [-0.39, 0.29) is 0 Å². The standard InChI is InChI=1S/C12H19N3O/c1-9-6-11(14-16-9)7-15-5-4-13-12(8-15)10-2-3-10/h6,10,12-13H,2-5,7-8H2,1H3. The van der Waals surface area contributed by atoms with E-state index in [0.717, 1.165) is 43.6 Å². The first kappa shape index (κ1) is 10.3. The van der Waals surface area contributed by atoms with Crippen LogP contribution >= 0.6 is 0 Å². The van der Waals surface area contributed by atoms with Crippen LogP contribution in [0.25, 0.3) is 0 Å². The highest BCUT2D eigenvalue weighted by molar-refractivity contribution is 5.04. The maximum Gasteiger partial charge on any atom is 0.133 e. The monoisotopic (exact) mass is 221 g/mol. The molecule has 2 heterocycles. The van der Waals surface area contributed by atoms with Crippen molar-refractivity contribution in [3.05, 3.63) is 17.5 Å². The van der Waals surface area contributed by atoms with Crippen LogP contribution in [0, 0.1) is 12.8 Å². The van der Waals surface area contributed by atoms with Gasteiger partial charge in [0.25, 0.3) is 0 Å². The van der Waals surface area contributed by atoms with Crippen molar-refractivity contribution in [3.8, 4) is 0 Å². The van der Waals surface area contributed by atoms with E-state index in [9.17, 15) is 0 Å². The molecule has 1 aliphatic carbocycles. The first-order valence-corrected chi connectivity index (χ1v) is 6.19. The highest BCUT2D eigenvalue weighted by atomic mass is 16.5. The van der Waals surface area contributed by atoms with Crippen molar-refractivity contribution in [3.63, 3.8) is 0 Å². The summed E-state index contributed by atoms with van der Waals surface area (Å²) in [7, 11) is 0. The van der Waals surface area contributed by atoms with E-state index in [1.54, 1.807) is 0 Å². The number of nitrogens with one attached hydrogen (secondary N) is 1. The van der Waals surface area contributed by atoms with Crippen molar-refractivity contribution < 1.29 is 4.52 Å². The summed E-state index contributed by atoms with van der Waals surface area (Å²) in [6.45, 7) is 6.27. The van der Waals surface area contributed by atoms with E-state index in [4.69, 9.17) is 4.52 Å². The van der Waals surface area contributed by atoms with E-state index in [0.29, 0.717) is 6.04 Å². The summed E-state index contributed by atoms with van der Waals surface area (Å²) in [5.74, 6) is 1.84. The van der Waals surface area contributed by atoms with Crippen molar-refractivity contribution >= 4 is 0 Å². The van der Waals surface area contributed by atoms with Crippen LogP contribution in [0.5, 0.6) is 0 Å². The van der Waals surface area contributed by atoms with Crippen molar-refractivity contribution in [2.75, 3.05) is 19.6 Å². The molecule has 2 fully saturated rings. The van der Waals surface area contributed by atoms with Crippen LogP contribution in [0.2, 0.25) is 0 Å². The SMILES string of the molecule is Cc1cc(CN2CCNC(C3CC3)C2)no1. The van der Waals surface area contributed by atoms with Crippen LogP contribution in [-0.2, 0) is 6.54 Å². The van der Waals surface area contributed by atoms with E-state index >= 15 is 0 Å². The zero-order chi connectivity index (χ0) is 11.0. The Morgan fingerprint density at radius 1 is 1.56 bits per heavy atom. The van der Waals surface area contributed by atoms with E-state index in [1.165, 1.54) is 12.8 Å². The Bertz CT molecular complexity index is 359. The van der Waals surface area contributed by atoms with Gasteiger partial charge in [0.2, 0.25) is 0 Å². The van der Waals surface area contributed by atoms with Crippen molar-refractivity contribution in [1.82, 2.24) is 15.4 Å². The number of hydrogen-bond acceptors (Lipinski definition) is 4. The average Bonchev–Trinajstić information content (AvgIpc) is 3.05. The van der Waals surface area contributed by atoms with Crippen LogP contribution in [-0.4, -0.2) is 35.7 Å². The number of rotatable bonds is 3. The van der Waals surface area contributed by atoms with Gasteiger partial charge in [0.15, 0.2) is 0 Å². The van der Waals surface area contributed by atoms with Gasteiger partial charge in [-0.15, -0.1) is 0 Å². The van der Waals surface area contributed by atoms with Crippen molar-refractivity contribution in [1.29, 1.82) is 0 Å². The smallest absolute Gasteiger partial charge is 0.133 e. The van der Waals surface area contributed by atoms with E-state index in [2.05, 4.69) is 15.4 Å². The molecule has 1 aromatic rings. The third-order valence-electron chi connectivity index (χ3n) is 3.54. The molecule has 2 aliphatic rings. The predicted octanol–water partition coefficient (Wildman–Crippen LogP) is 1.17. The van der Waals surface area contributed by atoms with Gasteiger partial charge in [0.1, 0.15) is 5.76 Å². The van der Waals surface area contributed by atoms with Crippen LogP contribution in [0.1, 0.15) is 24.3 Å². The topological polar surface area (TPSA) is 41.3 Å². The fourth-order valence-electron chi connectivity index (χ4n) is 2.52. The van der Waals surface area contributed by atoms with E-state index in [1.807, 2.05) is 13.0 Å². The molecule has 1 saturated carbocycles. The molecule has 3 rings (SSSR count). The lowest BCUT2D eigenvalue weighted by atomic mass is 10.1. The van der Waals surface area contributed by atoms with Crippen molar-refractivity contribution in [2.45, 2.75) is 32.4 Å². The Morgan fingerprint density at radius 2 is 2.44 bits per heavy atom. The Labute approximate surface area is 96.0 Å². The maximum absolute atomic E-state index is 5.10. The second-order valence-electron chi connectivity index (χ2n) is 5.06. The summed E-state index contributed by atoms with van der Waals surface area (Å²) < 4.78 is 5.10. The highest BCUT2D eigenvalue weighted by Gasteiger charge is 2.33. The second kappa shape index (κ2) is 4.18. The maximum atomic E-state index is 5.10. The van der Waals surface area contributed by atoms with Crippen LogP contribution in [0.4, 0.5) is 0 Å². The number of aromatic nitrogens is 1. The largest absolute Gasteiger partial charge is 0.361 e. The molecule has 0 amide bonds. The molecule has 16 heavy (non-hydrogen) atoms. The summed E-state index contributed by atoms with van der Waals surface area (Å²) in [5, 5.41) is 7.67. The minimum atomic E-state index is 0.710. The quantitative estimate of drug-likeness (QED) is 0.832. The molecular formula is C12H19N3O. The summed E-state index contributed by atoms with van der Waals surface area (Å²) in [5.41, 5.74) is 1.06. The predicted molar refractivity (Wildman–Crippen MR) is 61.0 cm³/mol. The zero-order valence-electron chi connectivity index (χ0n) is 9.78. The van der Waals surface area contributed by atoms with E-state index < -0.39 is 0 Å². The van der Waals surface area contributed by atoms with Crippen LogP contribution in [0.3, 0.4) is 0 Å². The normalized spacial score (nSPS) is 27.2. The second-order valence-corrected chi connectivity index (χ2v) is 5.06. The lowest BCUT2D eigenvalue weighted by Gasteiger charge is -2.33. The third kappa shape index (κ3) is 2.28. The number of nitrogens with zero attached hydrogens (tertiary/aromatic N) is 2. The number of piperazine rings is 1. The van der Waals surface area contributed by atoms with Gasteiger partial charge in [0, 0.05) is 38.3 Å². The molecule has 0 bridgehead atoms. The van der Waals surface area contributed by atoms with Gasteiger partial charge in [-0.2, -0.15) is 0 Å². The van der Waals surface area contributed by atoms with Gasteiger partial charge in [-0.1, -0.05) is 5.16 Å². The highest BCUT2D eigenvalue weighted by Crippen LogP contribution is 2.33. The van der Waals surface area contributed by atoms with Gasteiger partial charge in [-0.05, 0) is 25.7 Å². The molecule has 1 saturated heterocycles. The first-order chi connectivity index (χ1) is 7.81. The molecule has 1 aromatic heterocycles. The van der Waals surface area contributed by atoms with Crippen LogP contribution in [0.15, 0.2) is 10.6 Å². The molecule has 0 spiro atoms. The lowest BCUT2D eigenvalue weighted by Crippen LogP contribution is -2.51. The van der Waals surface area contributed by atoms with Crippen LogP contribution < -0.4 is 5.32 Å². The molecule has 1 N–H and O–H groups in total. The molecule has 1 unspecified atom stereocenters. The van der Waals surface area contributed by atoms with Gasteiger partial charge in [-0.25, -0.2) is 0 Å². The molecule has 88 valence electrons. The third-order valence-corrected chi connectivity index (χ3v) is 3.54. The van der Waals surface area contributed by atoms with Crippen molar-refractivity contribution in [2.24, 2.45) is 5.92 Å². The molecule has 0 radical (unpaired) electrons. The molecule has 1 aliphatic heterocycles. The molecule has 4 nitrogen and oxygen atoms in total. The fraction of sp³-hybridized carbons (Fsp3) is 0.750. The van der Waals surface area contributed by atoms with Gasteiger partial charge >= 0.3 is 0 Å². The summed E-state index contributed by atoms with van der Waals surface area (Å²) in [6, 6.07) is 2.75. The Balaban J connectivity index is 1.57. The zero-order valence-corrected chi connectivity index (χ0v) is 9.78. The van der Waals surface area contributed by atoms with Gasteiger partial charge < -0.3 is 9.84 Å². The minimum Gasteiger partial charge on any atom is -0.361 e. The van der Waals surface area contributed by atoms with Gasteiger partial charge in [0.05, 0.1) is 5.69 Å². The Hall–Kier alpha value is -0.870. The molecule has 1 atom stereocenters. The lowest BCUT2D eigenvalue weighted by molar-refractivity contribution is 0.177.